The predicted octanol–water partition coefficient (Wildman–Crippen LogP) is 2.37. The SMILES string of the molecule is CN1CCN(C(=O)/C(=C/c2ccccc2F)NC(=O)c2ccccc2)CC1. The number of nitrogens with zero attached hydrogens (tertiary/aromatic N) is 2. The Hall–Kier alpha value is -2.99. The van der Waals surface area contributed by atoms with Gasteiger partial charge in [0.1, 0.15) is 11.5 Å². The number of nitrogens with one attached hydrogen (secondary N) is 1. The number of piperazine rings is 1. The molecule has 1 aliphatic rings. The Morgan fingerprint density at radius 2 is 1.59 bits per heavy atom. The zero-order valence-electron chi connectivity index (χ0n) is 15.2. The molecule has 6 heteroatoms. The van der Waals surface area contributed by atoms with Gasteiger partial charge in [-0.1, -0.05) is 36.4 Å². The Bertz CT molecular complexity index is 844. The van der Waals surface area contributed by atoms with Crippen molar-refractivity contribution in [2.24, 2.45) is 0 Å². The van der Waals surface area contributed by atoms with Crippen LogP contribution in [0.5, 0.6) is 0 Å². The maximum atomic E-state index is 14.1. The molecule has 140 valence electrons. The summed E-state index contributed by atoms with van der Waals surface area (Å²) in [6, 6.07) is 14.8. The van der Waals surface area contributed by atoms with Gasteiger partial charge in [0, 0.05) is 37.3 Å². The normalized spacial score (nSPS) is 15.5. The highest BCUT2D eigenvalue weighted by atomic mass is 19.1. The number of likely N-dealkylation sites (N-methyl/N-ethyl adjacent to an activating group) is 1. The fraction of sp³-hybridized carbons (Fsp3) is 0.238. The molecule has 0 saturated carbocycles. The third-order valence-corrected chi connectivity index (χ3v) is 4.51. The van der Waals surface area contributed by atoms with E-state index in [1.807, 2.05) is 13.1 Å². The van der Waals surface area contributed by atoms with Gasteiger partial charge in [-0.05, 0) is 31.3 Å². The van der Waals surface area contributed by atoms with Gasteiger partial charge in [-0.15, -0.1) is 0 Å². The van der Waals surface area contributed by atoms with Crippen molar-refractivity contribution in [1.82, 2.24) is 15.1 Å². The minimum absolute atomic E-state index is 0.0681. The molecule has 27 heavy (non-hydrogen) atoms. The van der Waals surface area contributed by atoms with Gasteiger partial charge in [-0.2, -0.15) is 0 Å². The van der Waals surface area contributed by atoms with E-state index in [1.54, 1.807) is 47.4 Å². The second-order valence-electron chi connectivity index (χ2n) is 6.50. The molecule has 1 fully saturated rings. The lowest BCUT2D eigenvalue weighted by atomic mass is 10.1. The van der Waals surface area contributed by atoms with Crippen LogP contribution in [-0.4, -0.2) is 54.8 Å². The maximum absolute atomic E-state index is 14.1. The van der Waals surface area contributed by atoms with Gasteiger partial charge in [-0.25, -0.2) is 4.39 Å². The number of hydrogen-bond donors (Lipinski definition) is 1. The van der Waals surface area contributed by atoms with Crippen molar-refractivity contribution in [2.75, 3.05) is 33.2 Å². The van der Waals surface area contributed by atoms with E-state index < -0.39 is 11.7 Å². The molecule has 1 aliphatic heterocycles. The summed E-state index contributed by atoms with van der Waals surface area (Å²) in [5, 5.41) is 2.67. The average molecular weight is 367 g/mol. The van der Waals surface area contributed by atoms with E-state index in [2.05, 4.69) is 10.2 Å². The van der Waals surface area contributed by atoms with Crippen LogP contribution in [0.25, 0.3) is 6.08 Å². The zero-order chi connectivity index (χ0) is 19.2. The average Bonchev–Trinajstić information content (AvgIpc) is 2.69. The smallest absolute Gasteiger partial charge is 0.270 e. The molecule has 0 radical (unpaired) electrons. The van der Waals surface area contributed by atoms with Gasteiger partial charge in [0.05, 0.1) is 0 Å². The summed E-state index contributed by atoms with van der Waals surface area (Å²) >= 11 is 0. The van der Waals surface area contributed by atoms with Crippen molar-refractivity contribution in [3.8, 4) is 0 Å². The van der Waals surface area contributed by atoms with Crippen molar-refractivity contribution in [3.63, 3.8) is 0 Å². The van der Waals surface area contributed by atoms with Crippen LogP contribution in [0.3, 0.4) is 0 Å². The molecule has 5 nitrogen and oxygen atoms in total. The molecule has 0 atom stereocenters. The highest BCUT2D eigenvalue weighted by Gasteiger charge is 2.24. The Kier molecular flexibility index (Phi) is 5.98. The summed E-state index contributed by atoms with van der Waals surface area (Å²) in [4.78, 5) is 29.3. The number of amides is 2. The lowest BCUT2D eigenvalue weighted by Gasteiger charge is -2.33. The van der Waals surface area contributed by atoms with E-state index in [9.17, 15) is 14.0 Å². The minimum atomic E-state index is -0.449. The number of rotatable bonds is 4. The van der Waals surface area contributed by atoms with Crippen molar-refractivity contribution in [2.45, 2.75) is 0 Å². The van der Waals surface area contributed by atoms with Crippen molar-refractivity contribution < 1.29 is 14.0 Å². The largest absolute Gasteiger partial charge is 0.335 e. The first-order chi connectivity index (χ1) is 13.0. The highest BCUT2D eigenvalue weighted by Crippen LogP contribution is 2.14. The molecule has 1 heterocycles. The molecule has 1 saturated heterocycles. The summed E-state index contributed by atoms with van der Waals surface area (Å²) in [5.41, 5.74) is 0.755. The molecule has 0 spiro atoms. The molecule has 1 N–H and O–H groups in total. The van der Waals surface area contributed by atoms with Crippen molar-refractivity contribution >= 4 is 17.9 Å². The van der Waals surface area contributed by atoms with Crippen LogP contribution < -0.4 is 5.32 Å². The van der Waals surface area contributed by atoms with Gasteiger partial charge in [0.25, 0.3) is 11.8 Å². The molecular weight excluding hydrogens is 345 g/mol. The monoisotopic (exact) mass is 367 g/mol. The molecule has 0 unspecified atom stereocenters. The number of carbonyl (C=O) groups excluding carboxylic acids is 2. The first-order valence-electron chi connectivity index (χ1n) is 8.85. The quantitative estimate of drug-likeness (QED) is 0.844. The van der Waals surface area contributed by atoms with Crippen LogP contribution >= 0.6 is 0 Å². The van der Waals surface area contributed by atoms with Crippen molar-refractivity contribution in [3.05, 3.63) is 77.2 Å². The van der Waals surface area contributed by atoms with E-state index in [4.69, 9.17) is 0 Å². The molecule has 0 aliphatic carbocycles. The summed E-state index contributed by atoms with van der Waals surface area (Å²) in [6.07, 6.45) is 1.40. The first-order valence-corrected chi connectivity index (χ1v) is 8.85. The Morgan fingerprint density at radius 3 is 2.26 bits per heavy atom. The highest BCUT2D eigenvalue weighted by molar-refractivity contribution is 6.05. The Balaban J connectivity index is 1.88. The lowest BCUT2D eigenvalue weighted by molar-refractivity contribution is -0.128. The van der Waals surface area contributed by atoms with Gasteiger partial charge in [0.2, 0.25) is 0 Å². The zero-order valence-corrected chi connectivity index (χ0v) is 15.2. The first kappa shape index (κ1) is 18.8. The van der Waals surface area contributed by atoms with E-state index in [1.165, 1.54) is 12.1 Å². The van der Waals surface area contributed by atoms with Crippen LogP contribution in [0, 0.1) is 5.82 Å². The Morgan fingerprint density at radius 1 is 0.963 bits per heavy atom. The topological polar surface area (TPSA) is 52.6 Å². The Labute approximate surface area is 158 Å². The van der Waals surface area contributed by atoms with E-state index in [0.717, 1.165) is 13.1 Å². The summed E-state index contributed by atoms with van der Waals surface area (Å²) in [7, 11) is 2.00. The predicted molar refractivity (Wildman–Crippen MR) is 102 cm³/mol. The van der Waals surface area contributed by atoms with Crippen LogP contribution in [-0.2, 0) is 4.79 Å². The number of carbonyl (C=O) groups is 2. The van der Waals surface area contributed by atoms with Gasteiger partial charge in [0.15, 0.2) is 0 Å². The molecule has 2 aromatic carbocycles. The van der Waals surface area contributed by atoms with Crippen LogP contribution in [0.4, 0.5) is 4.39 Å². The van der Waals surface area contributed by atoms with Crippen LogP contribution in [0.1, 0.15) is 15.9 Å². The second-order valence-corrected chi connectivity index (χ2v) is 6.50. The van der Waals surface area contributed by atoms with E-state index >= 15 is 0 Å². The molecule has 2 amide bonds. The molecule has 0 aromatic heterocycles. The lowest BCUT2D eigenvalue weighted by Crippen LogP contribution is -2.49. The number of benzene rings is 2. The summed E-state index contributed by atoms with van der Waals surface area (Å²) < 4.78 is 14.1. The van der Waals surface area contributed by atoms with Crippen LogP contribution in [0.2, 0.25) is 0 Å². The third-order valence-electron chi connectivity index (χ3n) is 4.51. The maximum Gasteiger partial charge on any atom is 0.270 e. The molecule has 3 rings (SSSR count). The third kappa shape index (κ3) is 4.80. The van der Waals surface area contributed by atoms with Crippen LogP contribution in [0.15, 0.2) is 60.3 Å². The van der Waals surface area contributed by atoms with Crippen molar-refractivity contribution in [1.29, 1.82) is 0 Å². The number of halogens is 1. The fourth-order valence-electron chi connectivity index (χ4n) is 2.86. The van der Waals surface area contributed by atoms with E-state index in [-0.39, 0.29) is 17.2 Å². The minimum Gasteiger partial charge on any atom is -0.335 e. The molecule has 2 aromatic rings. The van der Waals surface area contributed by atoms with Gasteiger partial charge in [-0.3, -0.25) is 9.59 Å². The molecule has 0 bridgehead atoms. The summed E-state index contributed by atoms with van der Waals surface area (Å²) in [5.74, 6) is -1.16. The van der Waals surface area contributed by atoms with Gasteiger partial charge >= 0.3 is 0 Å². The summed E-state index contributed by atoms with van der Waals surface area (Å²) in [6.45, 7) is 2.63. The van der Waals surface area contributed by atoms with Gasteiger partial charge < -0.3 is 15.1 Å². The fourth-order valence-corrected chi connectivity index (χ4v) is 2.86. The standard InChI is InChI=1S/C21H22FN3O2/c1-24-11-13-25(14-12-24)21(27)19(15-17-9-5-6-10-18(17)22)23-20(26)16-7-3-2-4-8-16/h2-10,15H,11-14H2,1H3,(H,23,26)/b19-15-. The number of hydrogen-bond acceptors (Lipinski definition) is 3. The molecular formula is C21H22FN3O2. The second kappa shape index (κ2) is 8.60. The van der Waals surface area contributed by atoms with E-state index in [0.29, 0.717) is 18.7 Å².